The molecule has 1 aromatic rings. The van der Waals surface area contributed by atoms with E-state index in [0.29, 0.717) is 11.5 Å². The Morgan fingerprint density at radius 2 is 2.00 bits per heavy atom. The first kappa shape index (κ1) is 15.5. The van der Waals surface area contributed by atoms with Gasteiger partial charge in [-0.1, -0.05) is 10.5 Å². The molecule has 3 nitrogen and oxygen atoms in total. The summed E-state index contributed by atoms with van der Waals surface area (Å²) < 4.78 is 22.1. The van der Waals surface area contributed by atoms with E-state index in [-0.39, 0.29) is 4.75 Å². The number of rotatable bonds is 3. The van der Waals surface area contributed by atoms with Gasteiger partial charge in [0.1, 0.15) is 21.9 Å². The minimum Gasteiger partial charge on any atom is -0.591 e. The Kier molecular flexibility index (Phi) is 5.25. The third kappa shape index (κ3) is 3.73. The average molecular weight is 332 g/mol. The normalized spacial score (nSPS) is 14.5. The summed E-state index contributed by atoms with van der Waals surface area (Å²) in [6.45, 7) is 7.54. The average Bonchev–Trinajstić information content (AvgIpc) is 2.27. The van der Waals surface area contributed by atoms with E-state index in [4.69, 9.17) is 4.74 Å². The van der Waals surface area contributed by atoms with E-state index in [9.17, 15) is 4.55 Å². The summed E-state index contributed by atoms with van der Waals surface area (Å²) in [5.74, 6) is 0.713. The molecule has 1 unspecified atom stereocenters. The molecule has 1 atom stereocenters. The van der Waals surface area contributed by atoms with Gasteiger partial charge in [-0.05, 0) is 55.8 Å². The van der Waals surface area contributed by atoms with Crippen molar-refractivity contribution >= 4 is 33.0 Å². The van der Waals surface area contributed by atoms with Crippen molar-refractivity contribution in [1.29, 1.82) is 0 Å². The van der Waals surface area contributed by atoms with Gasteiger partial charge in [0.05, 0.1) is 17.3 Å². The maximum Gasteiger partial charge on any atom is 0.144 e. The fourth-order valence-electron chi connectivity index (χ4n) is 1.31. The molecule has 5 heteroatoms. The third-order valence-corrected chi connectivity index (χ3v) is 4.42. The molecule has 1 rings (SSSR count). The Labute approximate surface area is 120 Å². The van der Waals surface area contributed by atoms with Crippen LogP contribution in [-0.2, 0) is 11.4 Å². The van der Waals surface area contributed by atoms with Crippen molar-refractivity contribution in [2.45, 2.75) is 32.4 Å². The smallest absolute Gasteiger partial charge is 0.144 e. The molecule has 0 bridgehead atoms. The first-order valence-electron chi connectivity index (χ1n) is 5.57. The van der Waals surface area contributed by atoms with Crippen LogP contribution in [-0.4, -0.2) is 22.1 Å². The summed E-state index contributed by atoms with van der Waals surface area (Å²) in [7, 11) is 1.61. The summed E-state index contributed by atoms with van der Waals surface area (Å²) in [6, 6.07) is 5.71. The predicted octanol–water partition coefficient (Wildman–Crippen LogP) is 3.73. The van der Waals surface area contributed by atoms with Crippen molar-refractivity contribution < 1.29 is 9.29 Å². The van der Waals surface area contributed by atoms with Crippen LogP contribution >= 0.6 is 15.9 Å². The van der Waals surface area contributed by atoms with Crippen LogP contribution in [0.1, 0.15) is 33.3 Å². The first-order valence-corrected chi connectivity index (χ1v) is 7.47. The zero-order valence-corrected chi connectivity index (χ0v) is 13.7. The molecule has 0 aliphatic carbocycles. The van der Waals surface area contributed by atoms with Crippen molar-refractivity contribution in [2.24, 2.45) is 4.40 Å². The van der Waals surface area contributed by atoms with Crippen LogP contribution in [0.25, 0.3) is 0 Å². The number of hydrogen-bond acceptors (Lipinski definition) is 3. The van der Waals surface area contributed by atoms with E-state index in [1.807, 2.05) is 45.9 Å². The highest BCUT2D eigenvalue weighted by molar-refractivity contribution is 9.10. The molecule has 0 aromatic heterocycles. The number of benzene rings is 1. The molecule has 18 heavy (non-hydrogen) atoms. The molecular formula is C13H18BrNO2S. The van der Waals surface area contributed by atoms with Gasteiger partial charge in [0.25, 0.3) is 0 Å². The quantitative estimate of drug-likeness (QED) is 0.625. The molecule has 0 radical (unpaired) electrons. The molecule has 1 aromatic carbocycles. The van der Waals surface area contributed by atoms with Crippen LogP contribution in [0.15, 0.2) is 27.1 Å². The number of halogens is 1. The van der Waals surface area contributed by atoms with Crippen LogP contribution in [0.5, 0.6) is 5.75 Å². The maximum atomic E-state index is 12.0. The number of nitrogens with zero attached hydrogens (tertiary/aromatic N) is 1. The summed E-state index contributed by atoms with van der Waals surface area (Å²) in [5, 5.41) is 0. The molecule has 100 valence electrons. The summed E-state index contributed by atoms with van der Waals surface area (Å²) >= 11 is 2.16. The number of hydrogen-bond donors (Lipinski definition) is 0. The molecule has 0 N–H and O–H groups in total. The Morgan fingerprint density at radius 1 is 1.39 bits per heavy atom. The molecule has 0 saturated carbocycles. The van der Waals surface area contributed by atoms with Gasteiger partial charge >= 0.3 is 0 Å². The Morgan fingerprint density at radius 3 is 2.50 bits per heavy atom. The third-order valence-electron chi connectivity index (χ3n) is 2.30. The van der Waals surface area contributed by atoms with Gasteiger partial charge in [0, 0.05) is 5.56 Å². The van der Waals surface area contributed by atoms with Crippen LogP contribution in [0.3, 0.4) is 0 Å². The molecule has 0 aliphatic heterocycles. The Hall–Kier alpha value is -0.520. The van der Waals surface area contributed by atoms with Gasteiger partial charge in [0.15, 0.2) is 0 Å². The van der Waals surface area contributed by atoms with Gasteiger partial charge in [-0.2, -0.15) is 0 Å². The van der Waals surface area contributed by atoms with Crippen molar-refractivity contribution in [3.8, 4) is 5.75 Å². The molecule has 0 amide bonds. The lowest BCUT2D eigenvalue weighted by Gasteiger charge is -2.19. The van der Waals surface area contributed by atoms with E-state index in [2.05, 4.69) is 20.3 Å². The van der Waals surface area contributed by atoms with Crippen LogP contribution in [0, 0.1) is 0 Å². The van der Waals surface area contributed by atoms with Gasteiger partial charge in [-0.15, -0.1) is 0 Å². The van der Waals surface area contributed by atoms with E-state index in [1.54, 1.807) is 7.11 Å². The van der Waals surface area contributed by atoms with Gasteiger partial charge in [-0.25, -0.2) is 0 Å². The summed E-state index contributed by atoms with van der Waals surface area (Å²) in [6.07, 6.45) is 0. The molecule has 0 heterocycles. The number of ether oxygens (including phenoxy) is 1. The summed E-state index contributed by atoms with van der Waals surface area (Å²) in [4.78, 5) is 0. The van der Waals surface area contributed by atoms with E-state index in [0.717, 1.165) is 10.0 Å². The lowest BCUT2D eigenvalue weighted by Crippen LogP contribution is -2.26. The van der Waals surface area contributed by atoms with Crippen LogP contribution < -0.4 is 4.74 Å². The van der Waals surface area contributed by atoms with Crippen LogP contribution in [0.4, 0.5) is 0 Å². The second-order valence-corrected chi connectivity index (χ2v) is 7.62. The topological polar surface area (TPSA) is 44.6 Å². The monoisotopic (exact) mass is 331 g/mol. The second kappa shape index (κ2) is 6.08. The standard InChI is InChI=1S/C13H18BrNO2S/c1-9(15-18(16)13(2,3)4)10-7-6-8-11(14)12(10)17-5/h6-8H,1-5H3/b15-9+. The highest BCUT2D eigenvalue weighted by Crippen LogP contribution is 2.30. The Balaban J connectivity index is 3.15. The minimum absolute atomic E-state index is 0.361. The van der Waals surface area contributed by atoms with Crippen molar-refractivity contribution in [2.75, 3.05) is 7.11 Å². The SMILES string of the molecule is COc1c(Br)cccc1/C(C)=N/[S+]([O-])C(C)(C)C. The number of methoxy groups -OCH3 is 1. The predicted molar refractivity (Wildman–Crippen MR) is 80.8 cm³/mol. The van der Waals surface area contributed by atoms with E-state index < -0.39 is 11.4 Å². The fraction of sp³-hybridized carbons (Fsp3) is 0.462. The molecule has 0 saturated heterocycles. The van der Waals surface area contributed by atoms with E-state index >= 15 is 0 Å². The molecule has 0 fully saturated rings. The number of para-hydroxylation sites is 1. The molecule has 0 spiro atoms. The van der Waals surface area contributed by atoms with E-state index in [1.165, 1.54) is 0 Å². The van der Waals surface area contributed by atoms with Crippen LogP contribution in [0.2, 0.25) is 0 Å². The van der Waals surface area contributed by atoms with Crippen molar-refractivity contribution in [1.82, 2.24) is 0 Å². The largest absolute Gasteiger partial charge is 0.591 e. The highest BCUT2D eigenvalue weighted by Gasteiger charge is 2.27. The lowest BCUT2D eigenvalue weighted by atomic mass is 10.1. The summed E-state index contributed by atoms with van der Waals surface area (Å²) in [5.41, 5.74) is 1.56. The zero-order chi connectivity index (χ0) is 13.9. The Bertz CT molecular complexity index is 455. The van der Waals surface area contributed by atoms with Gasteiger partial charge in [-0.3, -0.25) is 0 Å². The lowest BCUT2D eigenvalue weighted by molar-refractivity contribution is 0.411. The highest BCUT2D eigenvalue weighted by atomic mass is 79.9. The zero-order valence-electron chi connectivity index (χ0n) is 11.3. The fourth-order valence-corrected chi connectivity index (χ4v) is 2.46. The minimum atomic E-state index is -1.27. The van der Waals surface area contributed by atoms with Gasteiger partial charge in [0.2, 0.25) is 0 Å². The molecular weight excluding hydrogens is 314 g/mol. The van der Waals surface area contributed by atoms with Gasteiger partial charge < -0.3 is 9.29 Å². The van der Waals surface area contributed by atoms with Crippen molar-refractivity contribution in [3.63, 3.8) is 0 Å². The first-order chi connectivity index (χ1) is 8.27. The second-order valence-electron chi connectivity index (χ2n) is 4.86. The van der Waals surface area contributed by atoms with Crippen molar-refractivity contribution in [3.05, 3.63) is 28.2 Å². The molecule has 0 aliphatic rings. The maximum absolute atomic E-state index is 12.0.